The van der Waals surface area contributed by atoms with Crippen LogP contribution in [0.4, 0.5) is 0 Å². The van der Waals surface area contributed by atoms with Crippen LogP contribution in [0.15, 0.2) is 60.7 Å². The van der Waals surface area contributed by atoms with Crippen LogP contribution in [0, 0.1) is 0 Å². The third-order valence-electron chi connectivity index (χ3n) is 5.21. The maximum absolute atomic E-state index is 6.89. The average Bonchev–Trinajstić information content (AvgIpc) is 2.53. The summed E-state index contributed by atoms with van der Waals surface area (Å²) >= 11 is 0. The lowest BCUT2D eigenvalue weighted by Gasteiger charge is -2.47. The molecular weight excluding hydrogens is 336 g/mol. The van der Waals surface area contributed by atoms with Gasteiger partial charge in [0.1, 0.15) is 0 Å². The van der Waals surface area contributed by atoms with Crippen molar-refractivity contribution in [2.24, 2.45) is 0 Å². The van der Waals surface area contributed by atoms with Crippen LogP contribution in [0.1, 0.15) is 27.2 Å². The topological polar surface area (TPSA) is 33.3 Å². The predicted molar refractivity (Wildman–Crippen MR) is 113 cm³/mol. The van der Waals surface area contributed by atoms with E-state index in [1.54, 1.807) is 0 Å². The van der Waals surface area contributed by atoms with Crippen LogP contribution in [-0.4, -0.2) is 40.6 Å². The van der Waals surface area contributed by atoms with Gasteiger partial charge in [0, 0.05) is 13.1 Å². The van der Waals surface area contributed by atoms with Gasteiger partial charge in [0.2, 0.25) is 0 Å². The summed E-state index contributed by atoms with van der Waals surface area (Å²) in [6.07, 6.45) is 1.71. The summed E-state index contributed by atoms with van der Waals surface area (Å²) in [5, 5.41) is 9.24. The zero-order valence-corrected chi connectivity index (χ0v) is 17.3. The smallest absolute Gasteiger partial charge is 0.261 e. The van der Waals surface area contributed by atoms with E-state index in [-0.39, 0.29) is 5.04 Å². The summed E-state index contributed by atoms with van der Waals surface area (Å²) in [6, 6.07) is 21.7. The molecule has 0 radical (unpaired) electrons. The lowest BCUT2D eigenvalue weighted by molar-refractivity contribution is 0.131. The molecule has 2 saturated heterocycles. The fraction of sp³-hybridized carbons (Fsp3) is 0.455. The Labute approximate surface area is 159 Å². The second-order valence-electron chi connectivity index (χ2n) is 8.16. The molecule has 0 spiro atoms. The van der Waals surface area contributed by atoms with Crippen LogP contribution in [0.25, 0.3) is 0 Å². The first-order chi connectivity index (χ1) is 12.5. The first-order valence-electron chi connectivity index (χ1n) is 9.74. The summed E-state index contributed by atoms with van der Waals surface area (Å²) < 4.78 is 6.89. The van der Waals surface area contributed by atoms with E-state index in [0.29, 0.717) is 6.10 Å². The highest BCUT2D eigenvalue weighted by atomic mass is 28.4. The SMILES string of the molecule is C1CNC1.CC(C)(C)[Si](OC1CNC1)(c1ccccc1)c1ccccc1. The van der Waals surface area contributed by atoms with Gasteiger partial charge in [-0.2, -0.15) is 0 Å². The Morgan fingerprint density at radius 2 is 1.23 bits per heavy atom. The van der Waals surface area contributed by atoms with Crippen LogP contribution in [0.3, 0.4) is 0 Å². The van der Waals surface area contributed by atoms with Gasteiger partial charge in [-0.05, 0) is 34.9 Å². The van der Waals surface area contributed by atoms with Gasteiger partial charge in [-0.3, -0.25) is 0 Å². The molecule has 2 fully saturated rings. The molecule has 3 nitrogen and oxygen atoms in total. The molecule has 0 saturated carbocycles. The van der Waals surface area contributed by atoms with Crippen LogP contribution in [-0.2, 0) is 4.43 Å². The molecule has 2 aromatic rings. The number of benzene rings is 2. The molecule has 2 aromatic carbocycles. The van der Waals surface area contributed by atoms with E-state index in [0.717, 1.165) is 13.1 Å². The minimum Gasteiger partial charge on any atom is -0.402 e. The van der Waals surface area contributed by atoms with E-state index in [2.05, 4.69) is 92.1 Å². The van der Waals surface area contributed by atoms with E-state index < -0.39 is 8.32 Å². The summed E-state index contributed by atoms with van der Waals surface area (Å²) in [5.41, 5.74) is 0. The zero-order valence-electron chi connectivity index (χ0n) is 16.3. The Bertz CT molecular complexity index is 618. The van der Waals surface area contributed by atoms with Crippen molar-refractivity contribution in [1.82, 2.24) is 10.6 Å². The van der Waals surface area contributed by atoms with Crippen molar-refractivity contribution < 1.29 is 4.43 Å². The van der Waals surface area contributed by atoms with Crippen LogP contribution in [0.5, 0.6) is 0 Å². The third kappa shape index (κ3) is 4.09. The Hall–Kier alpha value is -1.46. The van der Waals surface area contributed by atoms with Crippen molar-refractivity contribution >= 4 is 18.7 Å². The molecule has 26 heavy (non-hydrogen) atoms. The number of hydrogen-bond donors (Lipinski definition) is 2. The fourth-order valence-electron chi connectivity index (χ4n) is 3.46. The molecule has 0 atom stereocenters. The van der Waals surface area contributed by atoms with E-state index in [9.17, 15) is 0 Å². The van der Waals surface area contributed by atoms with Gasteiger partial charge in [-0.15, -0.1) is 0 Å². The van der Waals surface area contributed by atoms with Crippen molar-refractivity contribution in [1.29, 1.82) is 0 Å². The van der Waals surface area contributed by atoms with Gasteiger partial charge < -0.3 is 15.1 Å². The molecule has 4 rings (SSSR count). The maximum Gasteiger partial charge on any atom is 0.261 e. The molecular formula is C22H32N2OSi. The zero-order chi connectivity index (χ0) is 18.5. The Kier molecular flexibility index (Phi) is 6.30. The van der Waals surface area contributed by atoms with E-state index in [1.807, 2.05) is 0 Å². The molecule has 0 unspecified atom stereocenters. The summed E-state index contributed by atoms with van der Waals surface area (Å²) in [6.45, 7) is 11.4. The first-order valence-corrected chi connectivity index (χ1v) is 11.7. The van der Waals surface area contributed by atoms with Crippen molar-refractivity contribution in [3.8, 4) is 0 Å². The van der Waals surface area contributed by atoms with Crippen molar-refractivity contribution in [2.45, 2.75) is 38.3 Å². The minimum atomic E-state index is -2.32. The molecule has 0 amide bonds. The molecule has 0 bridgehead atoms. The van der Waals surface area contributed by atoms with Gasteiger partial charge in [-0.25, -0.2) is 0 Å². The number of nitrogens with one attached hydrogen (secondary N) is 2. The van der Waals surface area contributed by atoms with Crippen molar-refractivity contribution in [3.63, 3.8) is 0 Å². The monoisotopic (exact) mass is 368 g/mol. The molecule has 2 heterocycles. The molecule has 0 aliphatic carbocycles. The molecule has 4 heteroatoms. The average molecular weight is 369 g/mol. The van der Waals surface area contributed by atoms with Crippen LogP contribution >= 0.6 is 0 Å². The van der Waals surface area contributed by atoms with Gasteiger partial charge >= 0.3 is 0 Å². The Balaban J connectivity index is 0.000000433. The lowest BCUT2D eigenvalue weighted by Crippen LogP contribution is -2.70. The largest absolute Gasteiger partial charge is 0.402 e. The summed E-state index contributed by atoms with van der Waals surface area (Å²) in [4.78, 5) is 0. The second kappa shape index (κ2) is 8.48. The maximum atomic E-state index is 6.89. The highest BCUT2D eigenvalue weighted by Gasteiger charge is 2.51. The van der Waals surface area contributed by atoms with Gasteiger partial charge in [-0.1, -0.05) is 81.4 Å². The third-order valence-corrected chi connectivity index (χ3v) is 10.3. The van der Waals surface area contributed by atoms with Crippen molar-refractivity contribution in [3.05, 3.63) is 60.7 Å². The normalized spacial score (nSPS) is 17.5. The van der Waals surface area contributed by atoms with E-state index >= 15 is 0 Å². The Morgan fingerprint density at radius 1 is 0.808 bits per heavy atom. The van der Waals surface area contributed by atoms with Gasteiger partial charge in [0.05, 0.1) is 6.10 Å². The van der Waals surface area contributed by atoms with Crippen molar-refractivity contribution in [2.75, 3.05) is 26.2 Å². The highest BCUT2D eigenvalue weighted by Crippen LogP contribution is 2.37. The molecule has 2 N–H and O–H groups in total. The lowest BCUT2D eigenvalue weighted by atomic mass is 10.2. The van der Waals surface area contributed by atoms with Gasteiger partial charge in [0.25, 0.3) is 8.32 Å². The molecule has 2 aliphatic rings. The highest BCUT2D eigenvalue weighted by molar-refractivity contribution is 6.99. The van der Waals surface area contributed by atoms with Crippen LogP contribution in [0.2, 0.25) is 5.04 Å². The van der Waals surface area contributed by atoms with Gasteiger partial charge in [0.15, 0.2) is 0 Å². The minimum absolute atomic E-state index is 0.0747. The molecule has 2 aliphatic heterocycles. The Morgan fingerprint density at radius 3 is 1.50 bits per heavy atom. The van der Waals surface area contributed by atoms with E-state index in [1.165, 1.54) is 29.9 Å². The fourth-order valence-corrected chi connectivity index (χ4v) is 8.15. The molecule has 0 aromatic heterocycles. The summed E-state index contributed by atoms with van der Waals surface area (Å²) in [7, 11) is -2.32. The molecule has 140 valence electrons. The quantitative estimate of drug-likeness (QED) is 0.814. The number of rotatable bonds is 4. The number of hydrogen-bond acceptors (Lipinski definition) is 3. The predicted octanol–water partition coefficient (Wildman–Crippen LogP) is 2.51. The second-order valence-corrected chi connectivity index (χ2v) is 12.4. The van der Waals surface area contributed by atoms with Crippen LogP contribution < -0.4 is 21.0 Å². The summed E-state index contributed by atoms with van der Waals surface area (Å²) in [5.74, 6) is 0. The van der Waals surface area contributed by atoms with E-state index in [4.69, 9.17) is 4.43 Å². The standard InChI is InChI=1S/C19H25NOSi.C3H7N/c1-19(2,3)22(21-16-14-20-15-16,17-10-6-4-7-11-17)18-12-8-5-9-13-18;1-2-4-3-1/h4-13,16,20H,14-15H2,1-3H3;4H,1-3H2. The first kappa shape index (κ1) is 19.3.